The summed E-state index contributed by atoms with van der Waals surface area (Å²) in [6.07, 6.45) is 0.202. The number of aliphatic carboxylic acids is 1. The van der Waals surface area contributed by atoms with Crippen molar-refractivity contribution in [3.8, 4) is 0 Å². The number of hydrogen-bond donors (Lipinski definition) is 4. The van der Waals surface area contributed by atoms with E-state index in [4.69, 9.17) is 21.1 Å². The summed E-state index contributed by atoms with van der Waals surface area (Å²) in [7, 11) is 1.30. The number of carboxylic acid groups (broad SMARTS) is 1. The third kappa shape index (κ3) is 6.22. The number of hydrogen-bond acceptors (Lipinski definition) is 6. The number of aryl methyl sites for hydroxylation is 1. The first-order chi connectivity index (χ1) is 18.8. The van der Waals surface area contributed by atoms with Gasteiger partial charge < -0.3 is 24.9 Å². The third-order valence-electron chi connectivity index (χ3n) is 6.84. The van der Waals surface area contributed by atoms with Crippen LogP contribution in [0.25, 0.3) is 10.9 Å². The van der Waals surface area contributed by atoms with E-state index in [9.17, 15) is 24.3 Å². The summed E-state index contributed by atoms with van der Waals surface area (Å²) < 4.78 is 10.3. The number of amides is 2. The SMILES string of the molecule is COC(=O)c1[nH]c2cc(Cl)cc3c2c1C(C(C)C(=O)Nc1ccc(NC(=O)OC(C)(C)C)cc1CC(=O)O)CC3. The highest BCUT2D eigenvalue weighted by Gasteiger charge is 2.36. The lowest BCUT2D eigenvalue weighted by molar-refractivity contribution is -0.136. The van der Waals surface area contributed by atoms with Gasteiger partial charge in [-0.15, -0.1) is 0 Å². The number of nitrogens with one attached hydrogen (secondary N) is 3. The van der Waals surface area contributed by atoms with E-state index >= 15 is 0 Å². The number of rotatable bonds is 7. The van der Waals surface area contributed by atoms with Crippen molar-refractivity contribution in [2.24, 2.45) is 5.92 Å². The Bertz CT molecular complexity index is 1510. The molecule has 2 amide bonds. The summed E-state index contributed by atoms with van der Waals surface area (Å²) in [4.78, 5) is 53.1. The number of H-pyrrole nitrogens is 1. The second kappa shape index (κ2) is 11.2. The van der Waals surface area contributed by atoms with E-state index < -0.39 is 29.6 Å². The molecule has 4 N–H and O–H groups in total. The van der Waals surface area contributed by atoms with E-state index in [1.807, 2.05) is 6.07 Å². The predicted molar refractivity (Wildman–Crippen MR) is 151 cm³/mol. The van der Waals surface area contributed by atoms with Crippen LogP contribution in [0.1, 0.15) is 67.2 Å². The lowest BCUT2D eigenvalue weighted by atomic mass is 9.76. The molecule has 1 aromatic heterocycles. The van der Waals surface area contributed by atoms with E-state index in [-0.39, 0.29) is 23.9 Å². The van der Waals surface area contributed by atoms with Crippen LogP contribution in [-0.2, 0) is 31.9 Å². The monoisotopic (exact) mass is 569 g/mol. The molecule has 10 nitrogen and oxygen atoms in total. The van der Waals surface area contributed by atoms with E-state index in [0.717, 1.165) is 10.9 Å². The number of methoxy groups -OCH3 is 1. The molecule has 2 atom stereocenters. The van der Waals surface area contributed by atoms with Gasteiger partial charge in [0.1, 0.15) is 11.3 Å². The Morgan fingerprint density at radius 2 is 1.88 bits per heavy atom. The molecule has 1 aliphatic carbocycles. The molecule has 0 spiro atoms. The maximum absolute atomic E-state index is 13.5. The van der Waals surface area contributed by atoms with Crippen molar-refractivity contribution in [3.05, 3.63) is 57.7 Å². The number of anilines is 2. The number of esters is 1. The summed E-state index contributed by atoms with van der Waals surface area (Å²) >= 11 is 6.29. The van der Waals surface area contributed by atoms with Crippen molar-refractivity contribution < 1.29 is 33.8 Å². The number of aromatic amines is 1. The average Bonchev–Trinajstić information content (AvgIpc) is 3.23. The number of benzene rings is 2. The Hall–Kier alpha value is -4.05. The molecule has 0 saturated heterocycles. The van der Waals surface area contributed by atoms with Gasteiger partial charge in [0.25, 0.3) is 0 Å². The van der Waals surface area contributed by atoms with Gasteiger partial charge in [-0.3, -0.25) is 14.9 Å². The van der Waals surface area contributed by atoms with Gasteiger partial charge >= 0.3 is 18.0 Å². The van der Waals surface area contributed by atoms with E-state index in [1.165, 1.54) is 13.2 Å². The minimum absolute atomic E-state index is 0.287. The van der Waals surface area contributed by atoms with Gasteiger partial charge in [-0.05, 0) is 86.6 Å². The Morgan fingerprint density at radius 1 is 1.15 bits per heavy atom. The zero-order valence-corrected chi connectivity index (χ0v) is 23.7. The quantitative estimate of drug-likeness (QED) is 0.259. The van der Waals surface area contributed by atoms with Crippen molar-refractivity contribution >= 4 is 57.8 Å². The number of ether oxygens (including phenoxy) is 2. The molecule has 40 heavy (non-hydrogen) atoms. The van der Waals surface area contributed by atoms with E-state index in [1.54, 1.807) is 45.9 Å². The molecule has 3 aromatic rings. The van der Waals surface area contributed by atoms with Crippen molar-refractivity contribution in [1.82, 2.24) is 4.98 Å². The molecule has 1 aliphatic rings. The molecule has 2 aromatic carbocycles. The first-order valence-electron chi connectivity index (χ1n) is 12.8. The highest BCUT2D eigenvalue weighted by atomic mass is 35.5. The van der Waals surface area contributed by atoms with E-state index in [2.05, 4.69) is 15.6 Å². The number of carbonyl (C=O) groups excluding carboxylic acids is 3. The molecule has 1 heterocycles. The van der Waals surface area contributed by atoms with Gasteiger partial charge in [0.05, 0.1) is 13.5 Å². The highest BCUT2D eigenvalue weighted by Crippen LogP contribution is 2.44. The summed E-state index contributed by atoms with van der Waals surface area (Å²) in [5.41, 5.74) is 2.93. The van der Waals surface area contributed by atoms with Gasteiger partial charge in [-0.1, -0.05) is 18.5 Å². The lowest BCUT2D eigenvalue weighted by Gasteiger charge is -2.28. The number of aromatic nitrogens is 1. The van der Waals surface area contributed by atoms with Crippen LogP contribution in [0.2, 0.25) is 5.02 Å². The van der Waals surface area contributed by atoms with Crippen LogP contribution in [0.4, 0.5) is 16.2 Å². The van der Waals surface area contributed by atoms with Crippen LogP contribution in [0.5, 0.6) is 0 Å². The van der Waals surface area contributed by atoms with Crippen LogP contribution in [0.3, 0.4) is 0 Å². The second-order valence-corrected chi connectivity index (χ2v) is 11.3. The summed E-state index contributed by atoms with van der Waals surface area (Å²) in [5, 5.41) is 16.3. The second-order valence-electron chi connectivity index (χ2n) is 10.9. The van der Waals surface area contributed by atoms with Crippen molar-refractivity contribution in [2.75, 3.05) is 17.7 Å². The molecule has 2 unspecified atom stereocenters. The summed E-state index contributed by atoms with van der Waals surface area (Å²) in [6, 6.07) is 8.20. The minimum Gasteiger partial charge on any atom is -0.481 e. The Morgan fingerprint density at radius 3 is 2.52 bits per heavy atom. The lowest BCUT2D eigenvalue weighted by Crippen LogP contribution is -2.29. The van der Waals surface area contributed by atoms with Crippen LogP contribution in [-0.4, -0.2) is 46.7 Å². The zero-order valence-electron chi connectivity index (χ0n) is 22.9. The topological polar surface area (TPSA) is 147 Å². The minimum atomic E-state index is -1.10. The van der Waals surface area contributed by atoms with Gasteiger partial charge in [-0.25, -0.2) is 9.59 Å². The molecule has 0 fully saturated rings. The molecule has 0 bridgehead atoms. The van der Waals surface area contributed by atoms with Gasteiger partial charge in [0.2, 0.25) is 5.91 Å². The molecular formula is C29H32ClN3O7. The molecule has 4 rings (SSSR count). The molecule has 0 aliphatic heterocycles. The number of carbonyl (C=O) groups is 4. The fourth-order valence-electron chi connectivity index (χ4n) is 5.15. The number of halogens is 1. The van der Waals surface area contributed by atoms with E-state index in [0.29, 0.717) is 45.9 Å². The van der Waals surface area contributed by atoms with Crippen LogP contribution in [0, 0.1) is 5.92 Å². The predicted octanol–water partition coefficient (Wildman–Crippen LogP) is 5.89. The fourth-order valence-corrected chi connectivity index (χ4v) is 5.39. The van der Waals surface area contributed by atoms with Gasteiger partial charge in [-0.2, -0.15) is 0 Å². The molecular weight excluding hydrogens is 538 g/mol. The van der Waals surface area contributed by atoms with Crippen LogP contribution in [0.15, 0.2) is 30.3 Å². The molecule has 0 saturated carbocycles. The van der Waals surface area contributed by atoms with Crippen molar-refractivity contribution in [2.45, 2.75) is 58.5 Å². The largest absolute Gasteiger partial charge is 0.481 e. The zero-order chi connectivity index (χ0) is 29.4. The Balaban J connectivity index is 1.62. The van der Waals surface area contributed by atoms with Crippen LogP contribution >= 0.6 is 11.6 Å². The maximum atomic E-state index is 13.5. The van der Waals surface area contributed by atoms with Crippen LogP contribution < -0.4 is 10.6 Å². The Kier molecular flexibility index (Phi) is 8.11. The summed E-state index contributed by atoms with van der Waals surface area (Å²) in [6.45, 7) is 6.97. The molecule has 11 heteroatoms. The summed E-state index contributed by atoms with van der Waals surface area (Å²) in [5.74, 6) is -2.87. The standard InChI is InChI=1S/C29H32ClN3O7/c1-14(19-8-6-15-10-17(30)13-21-23(15)24(19)25(32-21)27(37)39-5)26(36)33-20-9-7-18(11-16(20)12-22(34)35)31-28(38)40-29(2,3)4/h7,9-11,13-14,19,32H,6,8,12H2,1-5H3,(H,31,38)(H,33,36)(H,34,35). The Labute approximate surface area is 236 Å². The number of carboxylic acids is 1. The van der Waals surface area contributed by atoms with Crippen molar-refractivity contribution in [1.29, 1.82) is 0 Å². The van der Waals surface area contributed by atoms with Crippen molar-refractivity contribution in [3.63, 3.8) is 0 Å². The highest BCUT2D eigenvalue weighted by molar-refractivity contribution is 6.31. The van der Waals surface area contributed by atoms with Gasteiger partial charge in [0, 0.05) is 33.2 Å². The smallest absolute Gasteiger partial charge is 0.412 e. The fraction of sp³-hybridized carbons (Fsp3) is 0.379. The first kappa shape index (κ1) is 28.9. The molecule has 0 radical (unpaired) electrons. The first-order valence-corrected chi connectivity index (χ1v) is 13.2. The third-order valence-corrected chi connectivity index (χ3v) is 7.05. The average molecular weight is 570 g/mol. The van der Waals surface area contributed by atoms with Gasteiger partial charge in [0.15, 0.2) is 0 Å². The normalized spacial score (nSPS) is 15.3. The maximum Gasteiger partial charge on any atom is 0.412 e. The molecule has 212 valence electrons.